The van der Waals surface area contributed by atoms with Crippen molar-refractivity contribution in [1.29, 1.82) is 0 Å². The molecule has 26 heavy (non-hydrogen) atoms. The summed E-state index contributed by atoms with van der Waals surface area (Å²) in [7, 11) is 0. The maximum absolute atomic E-state index is 12.7. The molecule has 0 amide bonds. The van der Waals surface area contributed by atoms with Gasteiger partial charge in [-0.1, -0.05) is 0 Å². The molecule has 0 aromatic carbocycles. The van der Waals surface area contributed by atoms with Gasteiger partial charge in [0.2, 0.25) is 5.95 Å². The number of carbonyl (C=O) groups excluding carboxylic acids is 1. The molecule has 7 nitrogen and oxygen atoms in total. The third-order valence-corrected chi connectivity index (χ3v) is 4.81. The molecule has 1 aliphatic heterocycles. The second kappa shape index (κ2) is 5.87. The second-order valence-electron chi connectivity index (χ2n) is 6.42. The van der Waals surface area contributed by atoms with E-state index in [-0.39, 0.29) is 11.8 Å². The van der Waals surface area contributed by atoms with Crippen LogP contribution >= 0.6 is 0 Å². The Morgan fingerprint density at radius 2 is 1.96 bits per heavy atom. The molecule has 3 aromatic heterocycles. The summed E-state index contributed by atoms with van der Waals surface area (Å²) >= 11 is 0. The van der Waals surface area contributed by atoms with E-state index >= 15 is 0 Å². The van der Waals surface area contributed by atoms with Crippen molar-refractivity contribution in [2.75, 3.05) is 5.32 Å². The fraction of sp³-hybridized carbons (Fsp3) is 0.211. The van der Waals surface area contributed by atoms with E-state index in [0.29, 0.717) is 18.2 Å². The van der Waals surface area contributed by atoms with E-state index in [1.54, 1.807) is 29.5 Å². The topological polar surface area (TPSA) is 85.6 Å². The van der Waals surface area contributed by atoms with E-state index in [1.165, 1.54) is 0 Å². The second-order valence-corrected chi connectivity index (χ2v) is 6.42. The maximum Gasteiger partial charge on any atom is 0.226 e. The summed E-state index contributed by atoms with van der Waals surface area (Å²) < 4.78 is 1.81. The summed E-state index contributed by atoms with van der Waals surface area (Å²) in [5, 5.41) is 8.03. The first-order chi connectivity index (χ1) is 12.8. The van der Waals surface area contributed by atoms with Gasteiger partial charge in [0, 0.05) is 48.0 Å². The molecular formula is C19H16N6O. The first kappa shape index (κ1) is 14.9. The summed E-state index contributed by atoms with van der Waals surface area (Å²) in [4.78, 5) is 25.6. The van der Waals surface area contributed by atoms with Gasteiger partial charge in [0.05, 0.1) is 0 Å². The van der Waals surface area contributed by atoms with Crippen LogP contribution in [0.1, 0.15) is 30.9 Å². The van der Waals surface area contributed by atoms with Crippen LogP contribution in [0.15, 0.2) is 60.3 Å². The Kier molecular flexibility index (Phi) is 3.38. The highest BCUT2D eigenvalue weighted by molar-refractivity contribution is 5.99. The van der Waals surface area contributed by atoms with Crippen molar-refractivity contribution in [2.24, 2.45) is 0 Å². The average Bonchev–Trinajstić information content (AvgIpc) is 3.12. The van der Waals surface area contributed by atoms with E-state index in [9.17, 15) is 4.79 Å². The van der Waals surface area contributed by atoms with Crippen LogP contribution in [0, 0.1) is 0 Å². The molecule has 5 rings (SSSR count). The monoisotopic (exact) mass is 344 g/mol. The Morgan fingerprint density at radius 1 is 1.08 bits per heavy atom. The number of hydrogen-bond donors (Lipinski definition) is 1. The SMILES string of the molecule is O=C1CCCC2=C1C(c1ccncc1)n1nc(-c3cccnc3)nc1N2. The van der Waals surface area contributed by atoms with Crippen LogP contribution in [0.3, 0.4) is 0 Å². The van der Waals surface area contributed by atoms with E-state index in [0.717, 1.165) is 35.2 Å². The van der Waals surface area contributed by atoms with Gasteiger partial charge in [-0.05, 0) is 42.7 Å². The molecular weight excluding hydrogens is 328 g/mol. The summed E-state index contributed by atoms with van der Waals surface area (Å²) in [5.41, 5.74) is 3.57. The predicted molar refractivity (Wildman–Crippen MR) is 95.1 cm³/mol. The van der Waals surface area contributed by atoms with Crippen molar-refractivity contribution in [1.82, 2.24) is 24.7 Å². The lowest BCUT2D eigenvalue weighted by molar-refractivity contribution is -0.116. The first-order valence-corrected chi connectivity index (χ1v) is 8.61. The van der Waals surface area contributed by atoms with E-state index in [4.69, 9.17) is 5.10 Å². The zero-order valence-corrected chi connectivity index (χ0v) is 14.0. The summed E-state index contributed by atoms with van der Waals surface area (Å²) in [5.74, 6) is 1.41. The Balaban J connectivity index is 1.69. The van der Waals surface area contributed by atoms with E-state index in [2.05, 4.69) is 20.3 Å². The number of anilines is 1. The van der Waals surface area contributed by atoms with Gasteiger partial charge in [-0.2, -0.15) is 4.98 Å². The van der Waals surface area contributed by atoms with Gasteiger partial charge in [-0.15, -0.1) is 5.10 Å². The molecule has 0 radical (unpaired) electrons. The van der Waals surface area contributed by atoms with Crippen molar-refractivity contribution in [3.63, 3.8) is 0 Å². The van der Waals surface area contributed by atoms with Crippen LogP contribution in [-0.2, 0) is 4.79 Å². The number of nitrogens with zero attached hydrogens (tertiary/aromatic N) is 5. The minimum Gasteiger partial charge on any atom is -0.328 e. The molecule has 0 bridgehead atoms. The molecule has 1 N–H and O–H groups in total. The van der Waals surface area contributed by atoms with Gasteiger partial charge in [-0.3, -0.25) is 14.8 Å². The number of pyridine rings is 2. The van der Waals surface area contributed by atoms with Gasteiger partial charge in [0.15, 0.2) is 11.6 Å². The molecule has 1 aliphatic carbocycles. The lowest BCUT2D eigenvalue weighted by Crippen LogP contribution is -2.31. The minimum atomic E-state index is -0.282. The van der Waals surface area contributed by atoms with Crippen molar-refractivity contribution in [2.45, 2.75) is 25.3 Å². The molecule has 0 saturated heterocycles. The third-order valence-electron chi connectivity index (χ3n) is 4.81. The number of aromatic nitrogens is 5. The van der Waals surface area contributed by atoms with Gasteiger partial charge < -0.3 is 5.32 Å². The Bertz CT molecular complexity index is 1010. The summed E-state index contributed by atoms with van der Waals surface area (Å²) in [6, 6.07) is 7.36. The number of rotatable bonds is 2. The lowest BCUT2D eigenvalue weighted by Gasteiger charge is -2.32. The summed E-state index contributed by atoms with van der Waals surface area (Å²) in [6.07, 6.45) is 9.21. The Morgan fingerprint density at radius 3 is 2.77 bits per heavy atom. The number of Topliss-reactive ketones (excluding diaryl/α,β-unsaturated/α-hetero) is 1. The average molecular weight is 344 g/mol. The van der Waals surface area contributed by atoms with Crippen molar-refractivity contribution >= 4 is 11.7 Å². The standard InChI is InChI=1S/C19H16N6O/c26-15-5-1-4-14-16(15)17(12-6-9-20-10-7-12)25-19(22-14)23-18(24-25)13-3-2-8-21-11-13/h2-3,6-11,17H,1,4-5H2,(H,22,23,24). The highest BCUT2D eigenvalue weighted by atomic mass is 16.1. The Hall–Kier alpha value is -3.35. The zero-order valence-electron chi connectivity index (χ0n) is 14.0. The van der Waals surface area contributed by atoms with Gasteiger partial charge in [0.1, 0.15) is 6.04 Å². The molecule has 4 heterocycles. The van der Waals surface area contributed by atoms with Crippen LogP contribution in [0.4, 0.5) is 5.95 Å². The fourth-order valence-corrected chi connectivity index (χ4v) is 3.63. The van der Waals surface area contributed by atoms with Crippen LogP contribution < -0.4 is 5.32 Å². The van der Waals surface area contributed by atoms with Crippen LogP contribution in [0.2, 0.25) is 0 Å². The minimum absolute atomic E-state index is 0.171. The van der Waals surface area contributed by atoms with Crippen LogP contribution in [0.25, 0.3) is 11.4 Å². The first-order valence-electron chi connectivity index (χ1n) is 8.61. The normalized spacial score (nSPS) is 18.9. The highest BCUT2D eigenvalue weighted by Crippen LogP contribution is 2.40. The van der Waals surface area contributed by atoms with Crippen molar-refractivity contribution < 1.29 is 4.79 Å². The Labute approximate surface area is 149 Å². The third kappa shape index (κ3) is 2.32. The molecule has 0 saturated carbocycles. The largest absolute Gasteiger partial charge is 0.328 e. The predicted octanol–water partition coefficient (Wildman–Crippen LogP) is 2.76. The number of hydrogen-bond acceptors (Lipinski definition) is 6. The molecule has 1 unspecified atom stereocenters. The number of allylic oxidation sites excluding steroid dienone is 2. The number of ketones is 1. The number of nitrogens with one attached hydrogen (secondary N) is 1. The van der Waals surface area contributed by atoms with Gasteiger partial charge in [-0.25, -0.2) is 4.68 Å². The van der Waals surface area contributed by atoms with Crippen molar-refractivity contribution in [3.8, 4) is 11.4 Å². The summed E-state index contributed by atoms with van der Waals surface area (Å²) in [6.45, 7) is 0. The molecule has 128 valence electrons. The molecule has 0 spiro atoms. The lowest BCUT2D eigenvalue weighted by atomic mass is 9.86. The fourth-order valence-electron chi connectivity index (χ4n) is 3.63. The zero-order chi connectivity index (χ0) is 17.5. The number of fused-ring (bicyclic) bond motifs is 1. The molecule has 3 aromatic rings. The van der Waals surface area contributed by atoms with Gasteiger partial charge >= 0.3 is 0 Å². The van der Waals surface area contributed by atoms with E-state index < -0.39 is 0 Å². The van der Waals surface area contributed by atoms with Crippen LogP contribution in [-0.4, -0.2) is 30.5 Å². The quantitative estimate of drug-likeness (QED) is 0.769. The molecule has 1 atom stereocenters. The molecule has 2 aliphatic rings. The highest BCUT2D eigenvalue weighted by Gasteiger charge is 2.36. The van der Waals surface area contributed by atoms with Crippen molar-refractivity contribution in [3.05, 3.63) is 65.9 Å². The molecule has 0 fully saturated rings. The maximum atomic E-state index is 12.7. The van der Waals surface area contributed by atoms with Gasteiger partial charge in [0.25, 0.3) is 0 Å². The van der Waals surface area contributed by atoms with E-state index in [1.807, 2.05) is 24.3 Å². The van der Waals surface area contributed by atoms with Crippen LogP contribution in [0.5, 0.6) is 0 Å². The smallest absolute Gasteiger partial charge is 0.226 e. The molecule has 7 heteroatoms. The number of carbonyl (C=O) groups is 1.